The lowest BCUT2D eigenvalue weighted by atomic mass is 10.1. The van der Waals surface area contributed by atoms with E-state index >= 15 is 0 Å². The molecule has 14 nitrogen and oxygen atoms in total. The number of aryl methyl sites for hydroxylation is 1. The van der Waals surface area contributed by atoms with Crippen molar-refractivity contribution < 1.29 is 41.1 Å². The summed E-state index contributed by atoms with van der Waals surface area (Å²) >= 11 is 0. The van der Waals surface area contributed by atoms with Crippen molar-refractivity contribution in [3.63, 3.8) is 0 Å². The van der Waals surface area contributed by atoms with Crippen molar-refractivity contribution in [3.8, 4) is 22.9 Å². The molecule has 8 rings (SSSR count). The number of alkyl halides is 3. The van der Waals surface area contributed by atoms with E-state index in [1.807, 2.05) is 0 Å². The molecule has 0 spiro atoms. The van der Waals surface area contributed by atoms with Crippen molar-refractivity contribution in [1.29, 1.82) is 0 Å². The summed E-state index contributed by atoms with van der Waals surface area (Å²) in [4.78, 5) is 25.3. The molecule has 0 saturated heterocycles. The van der Waals surface area contributed by atoms with Crippen LogP contribution in [0.1, 0.15) is 35.0 Å². The first-order valence-corrected chi connectivity index (χ1v) is 16.1. The van der Waals surface area contributed by atoms with Gasteiger partial charge in [0.1, 0.15) is 17.1 Å². The molecule has 4 aliphatic heterocycles. The zero-order valence-corrected chi connectivity index (χ0v) is 26.7. The Morgan fingerprint density at radius 2 is 1.91 bits per heavy atom. The second-order valence-corrected chi connectivity index (χ2v) is 12.2. The van der Waals surface area contributed by atoms with Crippen molar-refractivity contribution in [2.45, 2.75) is 32.2 Å². The van der Waals surface area contributed by atoms with Crippen LogP contribution in [0, 0.1) is 0 Å². The first-order chi connectivity index (χ1) is 22.5. The third kappa shape index (κ3) is 7.64. The molecule has 0 unspecified atom stereocenters. The summed E-state index contributed by atoms with van der Waals surface area (Å²) in [5.41, 5.74) is 0.152. The third-order valence-electron chi connectivity index (χ3n) is 6.92. The average Bonchev–Trinajstić information content (AvgIpc) is 3.46. The average molecular weight is 677 g/mol. The van der Waals surface area contributed by atoms with Crippen LogP contribution >= 0.6 is 7.60 Å². The minimum atomic E-state index is -4.84. The molecule has 0 fully saturated rings. The Hall–Kier alpha value is -4.73. The van der Waals surface area contributed by atoms with Gasteiger partial charge in [-0.05, 0) is 43.2 Å². The number of rotatable bonds is 5. The molecule has 1 atom stereocenters. The van der Waals surface area contributed by atoms with E-state index < -0.39 is 31.1 Å². The molecular formula is C29H32F3N8O6P. The molecule has 0 radical (unpaired) electrons. The fraction of sp³-hybridized carbons (Fsp3) is 0.345. The Morgan fingerprint density at radius 1 is 1.13 bits per heavy atom. The zero-order chi connectivity index (χ0) is 33.8. The molecule has 8 bridgehead atoms. The van der Waals surface area contributed by atoms with Crippen LogP contribution < -0.4 is 25.4 Å². The van der Waals surface area contributed by atoms with Gasteiger partial charge in [0.05, 0.1) is 56.2 Å². The first kappa shape index (κ1) is 33.6. The number of benzene rings is 1. The SMILES string of the molecule is CCO[P@@]1(=O)Cc2ccc(c(OC)c2)Nc2ncc(C(F)(F)F)c(n2)Nc2ccc(nc2C(=O)NC)-c2cn(nc2OC)CCCO1. The quantitative estimate of drug-likeness (QED) is 0.219. The highest BCUT2D eigenvalue weighted by atomic mass is 31.2. The Balaban J connectivity index is 1.65. The lowest BCUT2D eigenvalue weighted by Gasteiger charge is -2.19. The van der Waals surface area contributed by atoms with Crippen LogP contribution in [0.2, 0.25) is 0 Å². The van der Waals surface area contributed by atoms with E-state index in [9.17, 15) is 22.5 Å². The Bertz CT molecular complexity index is 1820. The Labute approximate surface area is 267 Å². The van der Waals surface area contributed by atoms with Crippen molar-refractivity contribution in [1.82, 2.24) is 30.0 Å². The molecule has 250 valence electrons. The predicted molar refractivity (Wildman–Crippen MR) is 165 cm³/mol. The van der Waals surface area contributed by atoms with Gasteiger partial charge in [0.25, 0.3) is 5.91 Å². The molecule has 47 heavy (non-hydrogen) atoms. The van der Waals surface area contributed by atoms with Gasteiger partial charge in [0.2, 0.25) is 11.8 Å². The van der Waals surface area contributed by atoms with Crippen LogP contribution in [0.5, 0.6) is 11.6 Å². The molecular weight excluding hydrogens is 644 g/mol. The van der Waals surface area contributed by atoms with Gasteiger partial charge in [-0.1, -0.05) is 6.07 Å². The van der Waals surface area contributed by atoms with Crippen molar-refractivity contribution in [3.05, 3.63) is 59.5 Å². The summed E-state index contributed by atoms with van der Waals surface area (Å²) < 4.78 is 79.8. The van der Waals surface area contributed by atoms with Gasteiger partial charge in [-0.3, -0.25) is 14.0 Å². The number of hydrogen-bond acceptors (Lipinski definition) is 12. The van der Waals surface area contributed by atoms with E-state index in [4.69, 9.17) is 18.5 Å². The summed E-state index contributed by atoms with van der Waals surface area (Å²) in [5, 5.41) is 12.4. The molecule has 1 aromatic carbocycles. The predicted octanol–water partition coefficient (Wildman–Crippen LogP) is 5.77. The van der Waals surface area contributed by atoms with Crippen LogP contribution in [-0.4, -0.2) is 65.1 Å². The second-order valence-electron chi connectivity index (χ2n) is 10.1. The van der Waals surface area contributed by atoms with Crippen molar-refractivity contribution >= 4 is 36.6 Å². The standard InChI is InChI=1S/C29H32F3N8O6P/c1-5-45-47(42)16-17-7-8-21(23(13-17)43-3)37-28-34-14-19(29(30,31)32)25(38-28)36-22-10-9-20(35-24(22)26(41)33-2)18-15-40(11-6-12-46-47)39-27(18)44-4/h7-10,13-15H,5-6,11-12,16H2,1-4H3,(H,33,41)(H2,34,36,37,38)/t47-/m0/s1. The van der Waals surface area contributed by atoms with Crippen LogP contribution in [-0.2, 0) is 32.5 Å². The third-order valence-corrected chi connectivity index (χ3v) is 8.90. The summed E-state index contributed by atoms with van der Waals surface area (Å²) in [6.07, 6.45) is -2.23. The van der Waals surface area contributed by atoms with E-state index in [1.165, 1.54) is 33.4 Å². The maximum absolute atomic E-state index is 14.1. The molecule has 4 aromatic rings. The largest absolute Gasteiger partial charge is 0.495 e. The van der Waals surface area contributed by atoms with Gasteiger partial charge < -0.3 is 34.5 Å². The number of anilines is 4. The van der Waals surface area contributed by atoms with E-state index in [1.54, 1.807) is 36.0 Å². The summed E-state index contributed by atoms with van der Waals surface area (Å²) in [6, 6.07) is 7.75. The van der Waals surface area contributed by atoms with Gasteiger partial charge in [0.15, 0.2) is 5.69 Å². The number of pyridine rings is 1. The normalized spacial score (nSPS) is 16.7. The van der Waals surface area contributed by atoms with Crippen LogP contribution in [0.4, 0.5) is 36.3 Å². The lowest BCUT2D eigenvalue weighted by Crippen LogP contribution is -2.21. The highest BCUT2D eigenvalue weighted by molar-refractivity contribution is 7.53. The van der Waals surface area contributed by atoms with Gasteiger partial charge >= 0.3 is 13.8 Å². The fourth-order valence-corrected chi connectivity index (χ4v) is 6.46. The van der Waals surface area contributed by atoms with Crippen LogP contribution in [0.15, 0.2) is 42.7 Å². The minimum Gasteiger partial charge on any atom is -0.495 e. The molecule has 4 aliphatic rings. The van der Waals surface area contributed by atoms with E-state index in [0.29, 0.717) is 36.0 Å². The maximum atomic E-state index is 14.1. The Morgan fingerprint density at radius 3 is 2.62 bits per heavy atom. The zero-order valence-electron chi connectivity index (χ0n) is 25.8. The lowest BCUT2D eigenvalue weighted by molar-refractivity contribution is -0.137. The topological polar surface area (TPSA) is 164 Å². The number of hydrogen-bond donors (Lipinski definition) is 3. The first-order valence-electron chi connectivity index (χ1n) is 14.3. The molecule has 7 heterocycles. The van der Waals surface area contributed by atoms with Crippen molar-refractivity contribution in [2.75, 3.05) is 45.1 Å². The number of amides is 1. The Kier molecular flexibility index (Phi) is 9.98. The fourth-order valence-electron chi connectivity index (χ4n) is 4.76. The summed E-state index contributed by atoms with van der Waals surface area (Å²) in [6.45, 7) is 2.30. The monoisotopic (exact) mass is 676 g/mol. The molecule has 0 saturated carbocycles. The van der Waals surface area contributed by atoms with E-state index in [-0.39, 0.29) is 54.0 Å². The molecule has 1 amide bonds. The molecule has 3 N–H and O–H groups in total. The maximum Gasteiger partial charge on any atom is 0.421 e. The molecule has 18 heteroatoms. The van der Waals surface area contributed by atoms with Gasteiger partial charge in [-0.2, -0.15) is 18.2 Å². The van der Waals surface area contributed by atoms with Crippen LogP contribution in [0.25, 0.3) is 11.3 Å². The van der Waals surface area contributed by atoms with Gasteiger partial charge in [-0.25, -0.2) is 9.97 Å². The number of nitrogens with zero attached hydrogens (tertiary/aromatic N) is 5. The number of carbonyl (C=O) groups excluding carboxylic acids is 1. The highest BCUT2D eigenvalue weighted by Gasteiger charge is 2.36. The molecule has 0 aliphatic carbocycles. The number of methoxy groups -OCH3 is 2. The number of nitrogens with one attached hydrogen (secondary N) is 3. The summed E-state index contributed by atoms with van der Waals surface area (Å²) in [7, 11) is 0.598. The van der Waals surface area contributed by atoms with Crippen LogP contribution in [0.3, 0.4) is 0 Å². The number of aromatic nitrogens is 5. The number of carbonyl (C=O) groups is 1. The van der Waals surface area contributed by atoms with E-state index in [2.05, 4.69) is 36.0 Å². The second kappa shape index (κ2) is 13.9. The van der Waals surface area contributed by atoms with Gasteiger partial charge in [-0.15, -0.1) is 5.10 Å². The smallest absolute Gasteiger partial charge is 0.421 e. The van der Waals surface area contributed by atoms with Crippen molar-refractivity contribution in [2.24, 2.45) is 0 Å². The summed E-state index contributed by atoms with van der Waals surface area (Å²) in [5.74, 6) is -1.04. The number of ether oxygens (including phenoxy) is 2. The van der Waals surface area contributed by atoms with Gasteiger partial charge in [0, 0.05) is 26.0 Å². The highest BCUT2D eigenvalue weighted by Crippen LogP contribution is 2.52. The molecule has 3 aromatic heterocycles. The number of halogens is 3. The van der Waals surface area contributed by atoms with E-state index in [0.717, 1.165) is 0 Å². The minimum absolute atomic E-state index is 0.0467.